The Kier molecular flexibility index (Phi) is 56.7. The molecule has 9 nitrogen and oxygen atoms in total. The van der Waals surface area contributed by atoms with Gasteiger partial charge in [0, 0.05) is 19.4 Å². The number of nitrogens with two attached hydrogens (primary N) is 1. The highest BCUT2D eigenvalue weighted by atomic mass is 31.2. The zero-order valence-corrected chi connectivity index (χ0v) is 48.3. The number of phosphoric acid groups is 1. The van der Waals surface area contributed by atoms with Gasteiger partial charge in [0.15, 0.2) is 6.10 Å². The van der Waals surface area contributed by atoms with E-state index in [1.807, 2.05) is 0 Å². The van der Waals surface area contributed by atoms with Crippen LogP contribution in [0.5, 0.6) is 0 Å². The lowest BCUT2D eigenvalue weighted by Crippen LogP contribution is -2.29. The molecule has 3 N–H and O–H groups in total. The summed E-state index contributed by atoms with van der Waals surface area (Å²) in [6.45, 7) is 3.65. The number of allylic oxidation sites excluding steroid dienone is 12. The van der Waals surface area contributed by atoms with Crippen molar-refractivity contribution in [2.24, 2.45) is 5.73 Å². The number of hydrogen-bond acceptors (Lipinski definition) is 8. The third-order valence-electron chi connectivity index (χ3n) is 13.1. The largest absolute Gasteiger partial charge is 0.472 e. The van der Waals surface area contributed by atoms with Crippen LogP contribution in [0.15, 0.2) is 72.9 Å². The summed E-state index contributed by atoms with van der Waals surface area (Å²) in [5.74, 6) is -0.825. The minimum Gasteiger partial charge on any atom is -0.462 e. The predicted octanol–water partition coefficient (Wildman–Crippen LogP) is 19.3. The summed E-state index contributed by atoms with van der Waals surface area (Å²) in [5, 5.41) is 0. The molecule has 0 aliphatic carbocycles. The van der Waals surface area contributed by atoms with E-state index in [4.69, 9.17) is 24.3 Å². The molecule has 73 heavy (non-hydrogen) atoms. The summed E-state index contributed by atoms with van der Waals surface area (Å²) in [7, 11) is -4.39. The zero-order valence-electron chi connectivity index (χ0n) is 47.4. The van der Waals surface area contributed by atoms with Crippen LogP contribution in [0.1, 0.15) is 284 Å². The number of carbonyl (C=O) groups is 2. The summed E-state index contributed by atoms with van der Waals surface area (Å²) < 4.78 is 33.1. The van der Waals surface area contributed by atoms with Crippen molar-refractivity contribution in [2.75, 3.05) is 26.4 Å². The van der Waals surface area contributed by atoms with E-state index in [1.54, 1.807) is 0 Å². The van der Waals surface area contributed by atoms with Gasteiger partial charge in [-0.2, -0.15) is 0 Å². The first-order valence-electron chi connectivity index (χ1n) is 30.4. The Balaban J connectivity index is 3.93. The molecule has 10 heteroatoms. The smallest absolute Gasteiger partial charge is 0.462 e. The summed E-state index contributed by atoms with van der Waals surface area (Å²) >= 11 is 0. The molecule has 0 aliphatic heterocycles. The van der Waals surface area contributed by atoms with Crippen LogP contribution in [-0.2, 0) is 32.7 Å². The molecule has 0 saturated heterocycles. The lowest BCUT2D eigenvalue weighted by molar-refractivity contribution is -0.161. The van der Waals surface area contributed by atoms with Crippen LogP contribution in [-0.4, -0.2) is 49.3 Å². The van der Waals surface area contributed by atoms with Crippen LogP contribution in [0.2, 0.25) is 0 Å². The van der Waals surface area contributed by atoms with Crippen molar-refractivity contribution in [3.8, 4) is 0 Å². The number of carbonyl (C=O) groups excluding carboxylic acids is 2. The number of unbranched alkanes of at least 4 members (excludes halogenated alkanes) is 32. The van der Waals surface area contributed by atoms with Gasteiger partial charge in [0.1, 0.15) is 6.61 Å². The lowest BCUT2D eigenvalue weighted by Gasteiger charge is -2.19. The van der Waals surface area contributed by atoms with Gasteiger partial charge in [0.05, 0.1) is 13.2 Å². The maximum atomic E-state index is 12.7. The van der Waals surface area contributed by atoms with E-state index in [2.05, 4.69) is 86.8 Å². The second-order valence-electron chi connectivity index (χ2n) is 20.2. The number of ether oxygens (including phenoxy) is 2. The SMILES string of the molecule is CC/C=C\C/C=C\C/C=C\C/C=C\CCCCCCCCCCCCC(=O)OC(COC(=O)CCCCCCCCCCCCCCCCCCC/C=C\C/C=C\CCCCCCC)COP(=O)(O)OCCN. The van der Waals surface area contributed by atoms with Gasteiger partial charge < -0.3 is 20.1 Å². The highest BCUT2D eigenvalue weighted by molar-refractivity contribution is 7.47. The fourth-order valence-corrected chi connectivity index (χ4v) is 9.37. The summed E-state index contributed by atoms with van der Waals surface area (Å²) in [6.07, 6.45) is 75.3. The Morgan fingerprint density at radius 1 is 0.425 bits per heavy atom. The Labute approximate surface area is 450 Å². The fourth-order valence-electron chi connectivity index (χ4n) is 8.60. The predicted molar refractivity (Wildman–Crippen MR) is 312 cm³/mol. The van der Waals surface area contributed by atoms with Gasteiger partial charge in [-0.25, -0.2) is 4.57 Å². The molecular formula is C63H114NO8P. The van der Waals surface area contributed by atoms with Crippen molar-refractivity contribution >= 4 is 19.8 Å². The average Bonchev–Trinajstić information content (AvgIpc) is 3.38. The van der Waals surface area contributed by atoms with Crippen molar-refractivity contribution in [2.45, 2.75) is 290 Å². The Morgan fingerprint density at radius 2 is 0.753 bits per heavy atom. The Morgan fingerprint density at radius 3 is 1.12 bits per heavy atom. The van der Waals surface area contributed by atoms with E-state index < -0.39 is 26.5 Å². The van der Waals surface area contributed by atoms with Crippen LogP contribution < -0.4 is 5.73 Å². The molecule has 0 rings (SSSR count). The highest BCUT2D eigenvalue weighted by Gasteiger charge is 2.26. The summed E-state index contributed by atoms with van der Waals surface area (Å²) in [5.41, 5.74) is 5.39. The van der Waals surface area contributed by atoms with Gasteiger partial charge in [0.2, 0.25) is 0 Å². The van der Waals surface area contributed by atoms with Gasteiger partial charge in [-0.15, -0.1) is 0 Å². The van der Waals surface area contributed by atoms with Gasteiger partial charge >= 0.3 is 19.8 Å². The lowest BCUT2D eigenvalue weighted by atomic mass is 10.0. The number of rotatable bonds is 57. The van der Waals surface area contributed by atoms with Crippen LogP contribution in [0.4, 0.5) is 0 Å². The van der Waals surface area contributed by atoms with Crippen LogP contribution in [0.25, 0.3) is 0 Å². The minimum absolute atomic E-state index is 0.0510. The van der Waals surface area contributed by atoms with Crippen molar-refractivity contribution in [1.29, 1.82) is 0 Å². The van der Waals surface area contributed by atoms with Crippen molar-refractivity contribution in [3.05, 3.63) is 72.9 Å². The van der Waals surface area contributed by atoms with Gasteiger partial charge in [-0.05, 0) is 83.5 Å². The van der Waals surface area contributed by atoms with Crippen LogP contribution in [0.3, 0.4) is 0 Å². The fraction of sp³-hybridized carbons (Fsp3) is 0.778. The van der Waals surface area contributed by atoms with Crippen LogP contribution >= 0.6 is 7.82 Å². The molecule has 0 aromatic heterocycles. The molecule has 0 aliphatic rings. The molecule has 0 amide bonds. The summed E-state index contributed by atoms with van der Waals surface area (Å²) in [4.78, 5) is 35.2. The standard InChI is InChI=1S/C63H114NO8P/c1-3-5-7-9-11-13-15-17-19-21-23-25-27-28-29-30-31-32-34-35-37-39-41-43-45-47-49-51-53-55-62(65)69-59-61(60-71-73(67,68)70-58-57-64)72-63(66)56-54-52-50-48-46-44-42-40-38-36-33-26-24-22-20-18-16-14-12-10-8-6-4-2/h6,8,12,14-15,17-18,20-21,23-24,26,61H,3-5,7,9-11,13,16,19,22,25,27-60,64H2,1-2H3,(H,67,68)/b8-6-,14-12-,17-15-,20-18-,23-21-,26-24-. The van der Waals surface area contributed by atoms with E-state index in [9.17, 15) is 19.0 Å². The number of phosphoric ester groups is 1. The van der Waals surface area contributed by atoms with Crippen molar-refractivity contribution < 1.29 is 37.6 Å². The Bertz CT molecular complexity index is 1420. The van der Waals surface area contributed by atoms with E-state index in [0.29, 0.717) is 6.42 Å². The first kappa shape index (κ1) is 70.5. The molecule has 0 aromatic rings. The highest BCUT2D eigenvalue weighted by Crippen LogP contribution is 2.43. The number of hydrogen-bond donors (Lipinski definition) is 2. The number of esters is 2. The molecule has 0 spiro atoms. The normalized spacial score (nSPS) is 13.5. The molecule has 0 aromatic carbocycles. The van der Waals surface area contributed by atoms with Gasteiger partial charge in [0.25, 0.3) is 0 Å². The van der Waals surface area contributed by atoms with Crippen molar-refractivity contribution in [1.82, 2.24) is 0 Å². The van der Waals surface area contributed by atoms with E-state index in [1.165, 1.54) is 173 Å². The van der Waals surface area contributed by atoms with Crippen LogP contribution in [0, 0.1) is 0 Å². The first-order chi connectivity index (χ1) is 35.8. The summed E-state index contributed by atoms with van der Waals surface area (Å²) in [6, 6.07) is 0. The maximum Gasteiger partial charge on any atom is 0.472 e. The molecule has 0 bridgehead atoms. The third-order valence-corrected chi connectivity index (χ3v) is 14.1. The quantitative estimate of drug-likeness (QED) is 0.0264. The minimum atomic E-state index is -4.39. The average molecular weight is 1040 g/mol. The molecule has 0 saturated carbocycles. The molecular weight excluding hydrogens is 930 g/mol. The maximum absolute atomic E-state index is 12.7. The zero-order chi connectivity index (χ0) is 53.1. The molecule has 0 radical (unpaired) electrons. The molecule has 2 unspecified atom stereocenters. The second-order valence-corrected chi connectivity index (χ2v) is 21.6. The monoisotopic (exact) mass is 1040 g/mol. The topological polar surface area (TPSA) is 134 Å². The Hall–Kier alpha value is -2.55. The molecule has 424 valence electrons. The molecule has 0 fully saturated rings. The van der Waals surface area contributed by atoms with Gasteiger partial charge in [-0.1, -0.05) is 260 Å². The first-order valence-corrected chi connectivity index (χ1v) is 31.9. The van der Waals surface area contributed by atoms with E-state index in [0.717, 1.165) is 77.0 Å². The second kappa shape index (κ2) is 58.7. The molecule has 0 heterocycles. The van der Waals surface area contributed by atoms with E-state index >= 15 is 0 Å². The third kappa shape index (κ3) is 58.6. The van der Waals surface area contributed by atoms with Gasteiger partial charge in [-0.3, -0.25) is 18.6 Å². The molecule has 2 atom stereocenters. The van der Waals surface area contributed by atoms with Crippen molar-refractivity contribution in [3.63, 3.8) is 0 Å². The van der Waals surface area contributed by atoms with E-state index in [-0.39, 0.29) is 38.6 Å².